The maximum Gasteiger partial charge on any atom is 0.237 e. The standard InChI is InChI=1S/C19H16O4/c1-9-8-23-18-11-4-6-12-10(5-7-13(20)19(12,2)3)15(11)17(22)16(21)14(9)18/h4,6,8H,5,7H2,1-3H3. The van der Waals surface area contributed by atoms with Crippen LogP contribution < -0.4 is 0 Å². The number of ketones is 3. The molecule has 0 amide bonds. The van der Waals surface area contributed by atoms with Crippen molar-refractivity contribution in [1.82, 2.24) is 0 Å². The van der Waals surface area contributed by atoms with Gasteiger partial charge in [0.25, 0.3) is 0 Å². The van der Waals surface area contributed by atoms with E-state index < -0.39 is 17.0 Å². The summed E-state index contributed by atoms with van der Waals surface area (Å²) in [5, 5.41) is 0. The SMILES string of the molecule is Cc1coc2c1C(=O)C(=O)c1c-2ccc2c1CCC(=O)C2(C)C. The van der Waals surface area contributed by atoms with Crippen molar-refractivity contribution in [3.05, 3.63) is 46.2 Å². The fraction of sp³-hybridized carbons (Fsp3) is 0.316. The Balaban J connectivity index is 2.07. The van der Waals surface area contributed by atoms with Crippen LogP contribution in [0.5, 0.6) is 0 Å². The molecule has 0 saturated carbocycles. The molecule has 0 unspecified atom stereocenters. The minimum atomic E-state index is -0.634. The van der Waals surface area contributed by atoms with Gasteiger partial charge in [0.05, 0.1) is 11.8 Å². The second kappa shape index (κ2) is 4.28. The van der Waals surface area contributed by atoms with Gasteiger partial charge in [0.15, 0.2) is 0 Å². The first-order valence-electron chi connectivity index (χ1n) is 7.71. The molecule has 1 aromatic carbocycles. The Morgan fingerprint density at radius 3 is 2.43 bits per heavy atom. The Morgan fingerprint density at radius 2 is 1.70 bits per heavy atom. The number of Topliss-reactive ketones (excluding diaryl/α,β-unsaturated/α-hetero) is 3. The van der Waals surface area contributed by atoms with Crippen molar-refractivity contribution in [3.63, 3.8) is 0 Å². The van der Waals surface area contributed by atoms with Gasteiger partial charge in [0.1, 0.15) is 11.5 Å². The third-order valence-electron chi connectivity index (χ3n) is 5.17. The highest BCUT2D eigenvalue weighted by atomic mass is 16.3. The highest BCUT2D eigenvalue weighted by Crippen LogP contribution is 2.43. The Bertz CT molecular complexity index is 912. The summed E-state index contributed by atoms with van der Waals surface area (Å²) in [4.78, 5) is 37.4. The summed E-state index contributed by atoms with van der Waals surface area (Å²) in [5.74, 6) is -0.366. The fourth-order valence-corrected chi connectivity index (χ4v) is 3.79. The van der Waals surface area contributed by atoms with E-state index in [1.165, 1.54) is 6.26 Å². The van der Waals surface area contributed by atoms with E-state index in [2.05, 4.69) is 0 Å². The molecular formula is C19H16O4. The molecule has 1 heterocycles. The highest BCUT2D eigenvalue weighted by Gasteiger charge is 2.42. The summed E-state index contributed by atoms with van der Waals surface area (Å²) in [6.07, 6.45) is 2.40. The van der Waals surface area contributed by atoms with Crippen LogP contribution in [-0.4, -0.2) is 17.3 Å². The molecule has 0 fully saturated rings. The van der Waals surface area contributed by atoms with Crippen molar-refractivity contribution in [3.8, 4) is 11.3 Å². The monoisotopic (exact) mass is 308 g/mol. The lowest BCUT2D eigenvalue weighted by molar-refractivity contribution is -0.124. The highest BCUT2D eigenvalue weighted by molar-refractivity contribution is 6.53. The average molecular weight is 308 g/mol. The van der Waals surface area contributed by atoms with Crippen LogP contribution in [0, 0.1) is 6.92 Å². The molecule has 116 valence electrons. The van der Waals surface area contributed by atoms with Crippen LogP contribution >= 0.6 is 0 Å². The molecule has 0 N–H and O–H groups in total. The summed E-state index contributed by atoms with van der Waals surface area (Å²) in [7, 11) is 0. The van der Waals surface area contributed by atoms with Gasteiger partial charge in [-0.25, -0.2) is 0 Å². The van der Waals surface area contributed by atoms with E-state index in [1.54, 1.807) is 13.0 Å². The molecule has 4 rings (SSSR count). The zero-order valence-corrected chi connectivity index (χ0v) is 13.3. The normalized spacial score (nSPS) is 18.5. The Morgan fingerprint density at radius 1 is 1.00 bits per heavy atom. The zero-order valence-electron chi connectivity index (χ0n) is 13.3. The molecule has 4 nitrogen and oxygen atoms in total. The molecular weight excluding hydrogens is 292 g/mol. The van der Waals surface area contributed by atoms with Gasteiger partial charge in [0, 0.05) is 23.0 Å². The molecule has 0 bridgehead atoms. The Kier molecular flexibility index (Phi) is 2.63. The van der Waals surface area contributed by atoms with E-state index in [4.69, 9.17) is 4.42 Å². The van der Waals surface area contributed by atoms with Gasteiger partial charge in [-0.2, -0.15) is 0 Å². The maximum absolute atomic E-state index is 12.7. The number of fused-ring (bicyclic) bond motifs is 5. The van der Waals surface area contributed by atoms with Crippen molar-refractivity contribution >= 4 is 17.3 Å². The summed E-state index contributed by atoms with van der Waals surface area (Å²) >= 11 is 0. The van der Waals surface area contributed by atoms with Gasteiger partial charge in [0.2, 0.25) is 11.6 Å². The quantitative estimate of drug-likeness (QED) is 0.699. The second-order valence-electron chi connectivity index (χ2n) is 6.84. The number of carbonyl (C=O) groups is 3. The van der Waals surface area contributed by atoms with Crippen LogP contribution in [-0.2, 0) is 16.6 Å². The molecule has 0 spiro atoms. The molecule has 2 aliphatic carbocycles. The van der Waals surface area contributed by atoms with Gasteiger partial charge in [-0.15, -0.1) is 0 Å². The molecule has 0 saturated heterocycles. The van der Waals surface area contributed by atoms with Crippen LogP contribution in [0.3, 0.4) is 0 Å². The zero-order chi connectivity index (χ0) is 16.5. The van der Waals surface area contributed by atoms with Crippen molar-refractivity contribution in [2.45, 2.75) is 39.0 Å². The largest absolute Gasteiger partial charge is 0.463 e. The predicted octanol–water partition coefficient (Wildman–Crippen LogP) is 3.43. The number of carbonyl (C=O) groups excluding carboxylic acids is 3. The van der Waals surface area contributed by atoms with E-state index in [0.29, 0.717) is 40.9 Å². The van der Waals surface area contributed by atoms with E-state index >= 15 is 0 Å². The molecule has 1 aromatic heterocycles. The molecule has 2 aliphatic rings. The second-order valence-corrected chi connectivity index (χ2v) is 6.84. The van der Waals surface area contributed by atoms with Gasteiger partial charge >= 0.3 is 0 Å². The first-order chi connectivity index (χ1) is 10.8. The van der Waals surface area contributed by atoms with Gasteiger partial charge < -0.3 is 4.42 Å². The lowest BCUT2D eigenvalue weighted by atomic mass is 9.68. The van der Waals surface area contributed by atoms with Crippen LogP contribution in [0.1, 0.15) is 57.7 Å². The van der Waals surface area contributed by atoms with Crippen molar-refractivity contribution in [1.29, 1.82) is 0 Å². The van der Waals surface area contributed by atoms with E-state index in [-0.39, 0.29) is 5.78 Å². The molecule has 0 atom stereocenters. The van der Waals surface area contributed by atoms with Crippen molar-refractivity contribution in [2.75, 3.05) is 0 Å². The number of rotatable bonds is 0. The maximum atomic E-state index is 12.7. The summed E-state index contributed by atoms with van der Waals surface area (Å²) < 4.78 is 5.56. The number of furan rings is 1. The lowest BCUT2D eigenvalue weighted by Crippen LogP contribution is -2.36. The Labute approximate surface area is 133 Å². The first-order valence-corrected chi connectivity index (χ1v) is 7.71. The van der Waals surface area contributed by atoms with Gasteiger partial charge in [-0.05, 0) is 43.9 Å². The van der Waals surface area contributed by atoms with E-state index in [1.807, 2.05) is 19.9 Å². The summed E-state index contributed by atoms with van der Waals surface area (Å²) in [6, 6.07) is 3.70. The molecule has 0 aliphatic heterocycles. The van der Waals surface area contributed by atoms with Crippen LogP contribution in [0.4, 0.5) is 0 Å². The van der Waals surface area contributed by atoms with Gasteiger partial charge in [-0.3, -0.25) is 14.4 Å². The van der Waals surface area contributed by atoms with Crippen molar-refractivity contribution in [2.24, 2.45) is 0 Å². The minimum Gasteiger partial charge on any atom is -0.463 e. The topological polar surface area (TPSA) is 64.3 Å². The molecule has 23 heavy (non-hydrogen) atoms. The predicted molar refractivity (Wildman–Crippen MR) is 83.9 cm³/mol. The third kappa shape index (κ3) is 1.63. The van der Waals surface area contributed by atoms with Gasteiger partial charge in [-0.1, -0.05) is 12.1 Å². The van der Waals surface area contributed by atoms with Crippen molar-refractivity contribution < 1.29 is 18.8 Å². The molecule has 2 aromatic rings. The summed E-state index contributed by atoms with van der Waals surface area (Å²) in [6.45, 7) is 5.51. The summed E-state index contributed by atoms with van der Waals surface area (Å²) in [5.41, 5.74) is 3.18. The number of benzene rings is 1. The average Bonchev–Trinajstić information content (AvgIpc) is 2.90. The lowest BCUT2D eigenvalue weighted by Gasteiger charge is -2.33. The van der Waals surface area contributed by atoms with Crippen LogP contribution in [0.2, 0.25) is 0 Å². The fourth-order valence-electron chi connectivity index (χ4n) is 3.79. The minimum absolute atomic E-state index is 0.161. The van der Waals surface area contributed by atoms with E-state index in [0.717, 1.165) is 11.1 Å². The number of hydrogen-bond acceptors (Lipinski definition) is 4. The molecule has 4 heteroatoms. The number of aryl methyl sites for hydroxylation is 1. The first kappa shape index (κ1) is 14.1. The van der Waals surface area contributed by atoms with Crippen LogP contribution in [0.25, 0.3) is 11.3 Å². The smallest absolute Gasteiger partial charge is 0.237 e. The number of hydrogen-bond donors (Lipinski definition) is 0. The van der Waals surface area contributed by atoms with E-state index in [9.17, 15) is 14.4 Å². The molecule has 0 radical (unpaired) electrons. The van der Waals surface area contributed by atoms with Crippen LogP contribution in [0.15, 0.2) is 22.8 Å². The third-order valence-corrected chi connectivity index (χ3v) is 5.17. The Hall–Kier alpha value is -2.49.